The Morgan fingerprint density at radius 3 is 2.71 bits per heavy atom. The topological polar surface area (TPSA) is 38.5 Å². The molecule has 0 heterocycles. The van der Waals surface area contributed by atoms with E-state index < -0.39 is 0 Å². The molecule has 0 radical (unpaired) electrons. The number of nitrogens with two attached hydrogens (primary N) is 1. The molecule has 0 unspecified atom stereocenters. The summed E-state index contributed by atoms with van der Waals surface area (Å²) in [6, 6.07) is 0. The Labute approximate surface area is 110 Å². The molecule has 2 aliphatic carbocycles. The maximum absolute atomic E-state index is 5.65. The lowest BCUT2D eigenvalue weighted by Crippen LogP contribution is -2.32. The van der Waals surface area contributed by atoms with Crippen LogP contribution >= 0.6 is 12.2 Å². The third kappa shape index (κ3) is 4.90. The lowest BCUT2D eigenvalue weighted by molar-refractivity contribution is 0.0980. The fraction of sp³-hybridized carbons (Fsp3) is 0.923. The maximum Gasteiger partial charge on any atom is 0.0733 e. The minimum Gasteiger partial charge on any atom is -0.393 e. The Balaban J connectivity index is 1.56. The molecule has 0 aromatic carbocycles. The van der Waals surface area contributed by atoms with Crippen LogP contribution in [-0.2, 0) is 4.74 Å². The fourth-order valence-corrected chi connectivity index (χ4v) is 2.65. The van der Waals surface area contributed by atoms with Crippen molar-refractivity contribution in [2.75, 3.05) is 33.4 Å². The number of thiocarbonyl (C=S) groups is 1. The minimum atomic E-state index is 0.400. The first-order valence-electron chi connectivity index (χ1n) is 6.64. The van der Waals surface area contributed by atoms with Crippen LogP contribution < -0.4 is 5.73 Å². The molecular formula is C13H24N2OS. The summed E-state index contributed by atoms with van der Waals surface area (Å²) >= 11 is 5.01. The van der Waals surface area contributed by atoms with Gasteiger partial charge in [-0.05, 0) is 44.1 Å². The van der Waals surface area contributed by atoms with Crippen molar-refractivity contribution in [2.24, 2.45) is 17.1 Å². The molecule has 0 saturated heterocycles. The molecule has 2 aliphatic rings. The molecule has 2 rings (SSSR count). The summed E-state index contributed by atoms with van der Waals surface area (Å²) in [4.78, 5) is 3.03. The molecule has 0 atom stereocenters. The predicted molar refractivity (Wildman–Crippen MR) is 74.1 cm³/mol. The first kappa shape index (κ1) is 13.2. The second-order valence-corrected chi connectivity index (χ2v) is 6.42. The van der Waals surface area contributed by atoms with Gasteiger partial charge in [-0.3, -0.25) is 0 Å². The fourth-order valence-electron chi connectivity index (χ4n) is 2.34. The molecule has 98 valence electrons. The van der Waals surface area contributed by atoms with Crippen LogP contribution in [0.1, 0.15) is 32.1 Å². The third-order valence-electron chi connectivity index (χ3n) is 3.78. The zero-order chi connectivity index (χ0) is 12.3. The molecule has 2 saturated carbocycles. The highest BCUT2D eigenvalue weighted by Crippen LogP contribution is 2.49. The lowest BCUT2D eigenvalue weighted by atomic mass is 10.0. The Morgan fingerprint density at radius 2 is 2.18 bits per heavy atom. The number of likely N-dealkylation sites (N-methyl/N-ethyl adjacent to an activating group) is 1. The van der Waals surface area contributed by atoms with E-state index in [4.69, 9.17) is 22.7 Å². The van der Waals surface area contributed by atoms with Gasteiger partial charge in [0.1, 0.15) is 0 Å². The maximum atomic E-state index is 5.65. The highest BCUT2D eigenvalue weighted by atomic mass is 32.1. The van der Waals surface area contributed by atoms with Gasteiger partial charge in [0.05, 0.1) is 11.6 Å². The highest BCUT2D eigenvalue weighted by Gasteiger charge is 2.43. The van der Waals surface area contributed by atoms with Crippen LogP contribution in [0.5, 0.6) is 0 Å². The van der Waals surface area contributed by atoms with Crippen molar-refractivity contribution in [3.8, 4) is 0 Å². The van der Waals surface area contributed by atoms with Gasteiger partial charge in [0.15, 0.2) is 0 Å². The van der Waals surface area contributed by atoms with Crippen molar-refractivity contribution in [3.63, 3.8) is 0 Å². The summed E-state index contributed by atoms with van der Waals surface area (Å²) in [6.45, 7) is 3.95. The SMILES string of the molecule is CN(CCOCC1CC1)CC1(CC(N)=S)CC1. The van der Waals surface area contributed by atoms with Gasteiger partial charge >= 0.3 is 0 Å². The Morgan fingerprint density at radius 1 is 1.47 bits per heavy atom. The van der Waals surface area contributed by atoms with E-state index in [0.29, 0.717) is 10.4 Å². The highest BCUT2D eigenvalue weighted by molar-refractivity contribution is 7.80. The predicted octanol–water partition coefficient (Wildman–Crippen LogP) is 1.80. The van der Waals surface area contributed by atoms with E-state index in [9.17, 15) is 0 Å². The molecule has 3 nitrogen and oxygen atoms in total. The second kappa shape index (κ2) is 5.63. The van der Waals surface area contributed by atoms with Gasteiger partial charge in [0, 0.05) is 26.1 Å². The molecule has 0 bridgehead atoms. The van der Waals surface area contributed by atoms with Crippen LogP contribution in [0.3, 0.4) is 0 Å². The van der Waals surface area contributed by atoms with E-state index in [2.05, 4.69) is 11.9 Å². The van der Waals surface area contributed by atoms with Crippen LogP contribution in [0.4, 0.5) is 0 Å². The monoisotopic (exact) mass is 256 g/mol. The minimum absolute atomic E-state index is 0.400. The summed E-state index contributed by atoms with van der Waals surface area (Å²) < 4.78 is 5.65. The van der Waals surface area contributed by atoms with Crippen LogP contribution in [0, 0.1) is 11.3 Å². The number of hydrogen-bond acceptors (Lipinski definition) is 3. The summed E-state index contributed by atoms with van der Waals surface area (Å²) in [6.07, 6.45) is 6.20. The standard InChI is InChI=1S/C13H24N2OS/c1-15(6-7-16-9-11-2-3-11)10-13(4-5-13)8-12(14)17/h11H,2-10H2,1H3,(H2,14,17). The number of hydrogen-bond donors (Lipinski definition) is 1. The summed E-state index contributed by atoms with van der Waals surface area (Å²) in [5.74, 6) is 0.865. The Bertz CT molecular complexity index is 275. The third-order valence-corrected chi connectivity index (χ3v) is 3.92. The van der Waals surface area contributed by atoms with Gasteiger partial charge in [-0.25, -0.2) is 0 Å². The Kier molecular flexibility index (Phi) is 4.39. The van der Waals surface area contributed by atoms with Gasteiger partial charge in [0.2, 0.25) is 0 Å². The number of nitrogens with zero attached hydrogens (tertiary/aromatic N) is 1. The van der Waals surface area contributed by atoms with Crippen molar-refractivity contribution in [1.82, 2.24) is 4.90 Å². The van der Waals surface area contributed by atoms with Crippen molar-refractivity contribution in [3.05, 3.63) is 0 Å². The first-order chi connectivity index (χ1) is 8.10. The summed E-state index contributed by atoms with van der Waals surface area (Å²) in [5, 5.41) is 0. The van der Waals surface area contributed by atoms with Crippen molar-refractivity contribution in [2.45, 2.75) is 32.1 Å². The first-order valence-corrected chi connectivity index (χ1v) is 7.05. The van der Waals surface area contributed by atoms with E-state index >= 15 is 0 Å². The second-order valence-electron chi connectivity index (χ2n) is 5.90. The van der Waals surface area contributed by atoms with Gasteiger partial charge in [-0.2, -0.15) is 0 Å². The average molecular weight is 256 g/mol. The number of ether oxygens (including phenoxy) is 1. The largest absolute Gasteiger partial charge is 0.393 e. The van der Waals surface area contributed by atoms with Crippen LogP contribution in [0.2, 0.25) is 0 Å². The van der Waals surface area contributed by atoms with Crippen molar-refractivity contribution < 1.29 is 4.74 Å². The van der Waals surface area contributed by atoms with Crippen molar-refractivity contribution >= 4 is 17.2 Å². The zero-order valence-corrected chi connectivity index (χ0v) is 11.6. The Hall–Kier alpha value is -0.190. The molecule has 0 amide bonds. The zero-order valence-electron chi connectivity index (χ0n) is 10.8. The van der Waals surface area contributed by atoms with Crippen LogP contribution in [-0.4, -0.2) is 43.2 Å². The van der Waals surface area contributed by atoms with E-state index in [-0.39, 0.29) is 0 Å². The van der Waals surface area contributed by atoms with Crippen LogP contribution in [0.25, 0.3) is 0 Å². The molecule has 0 aromatic heterocycles. The molecule has 2 N–H and O–H groups in total. The van der Waals surface area contributed by atoms with Crippen molar-refractivity contribution in [1.29, 1.82) is 0 Å². The van der Waals surface area contributed by atoms with Crippen LogP contribution in [0.15, 0.2) is 0 Å². The van der Waals surface area contributed by atoms with Gasteiger partial charge in [0.25, 0.3) is 0 Å². The molecule has 2 fully saturated rings. The lowest BCUT2D eigenvalue weighted by Gasteiger charge is -2.23. The van der Waals surface area contributed by atoms with E-state index in [1.807, 2.05) is 0 Å². The quantitative estimate of drug-likeness (QED) is 0.504. The van der Waals surface area contributed by atoms with E-state index in [1.54, 1.807) is 0 Å². The van der Waals surface area contributed by atoms with Gasteiger partial charge in [-0.1, -0.05) is 12.2 Å². The normalized spacial score (nSPS) is 21.8. The van der Waals surface area contributed by atoms with Gasteiger partial charge < -0.3 is 15.4 Å². The summed E-state index contributed by atoms with van der Waals surface area (Å²) in [7, 11) is 2.17. The molecule has 0 aromatic rings. The molecule has 17 heavy (non-hydrogen) atoms. The smallest absolute Gasteiger partial charge is 0.0733 e. The number of rotatable bonds is 9. The molecule has 0 aliphatic heterocycles. The van der Waals surface area contributed by atoms with Gasteiger partial charge in [-0.15, -0.1) is 0 Å². The van der Waals surface area contributed by atoms with E-state index in [0.717, 1.165) is 38.6 Å². The average Bonchev–Trinajstić information content (AvgIpc) is 3.10. The summed E-state index contributed by atoms with van der Waals surface area (Å²) in [5.41, 5.74) is 6.04. The molecular weight excluding hydrogens is 232 g/mol. The van der Waals surface area contributed by atoms with E-state index in [1.165, 1.54) is 25.7 Å². The molecule has 0 spiro atoms. The molecule has 4 heteroatoms.